The first kappa shape index (κ1) is 16.0. The summed E-state index contributed by atoms with van der Waals surface area (Å²) in [5, 5.41) is 9.86. The largest absolute Gasteiger partial charge is 0.392 e. The monoisotopic (exact) mass is 348 g/mol. The van der Waals surface area contributed by atoms with Crippen molar-refractivity contribution in [1.29, 1.82) is 0 Å². The molecule has 0 saturated carbocycles. The highest BCUT2D eigenvalue weighted by Gasteiger charge is 2.34. The van der Waals surface area contributed by atoms with Crippen molar-refractivity contribution in [2.24, 2.45) is 0 Å². The minimum absolute atomic E-state index is 0.135. The van der Waals surface area contributed by atoms with E-state index in [2.05, 4.69) is 55.7 Å². The molecule has 2 saturated heterocycles. The van der Waals surface area contributed by atoms with E-state index in [1.165, 1.54) is 5.56 Å². The third-order valence-corrected chi connectivity index (χ3v) is 5.75. The maximum Gasteiger partial charge on any atom is 0.100 e. The maximum atomic E-state index is 9.86. The van der Waals surface area contributed by atoms with Gasteiger partial charge in [0.05, 0.1) is 17.1 Å². The summed E-state index contributed by atoms with van der Waals surface area (Å²) in [5.74, 6) is 0. The number of aromatic nitrogens is 2. The van der Waals surface area contributed by atoms with Gasteiger partial charge in [-0.25, -0.2) is 4.98 Å². The number of fused-ring (bicyclic) bond motifs is 2. The zero-order valence-electron chi connectivity index (χ0n) is 14.8. The van der Waals surface area contributed by atoms with Crippen molar-refractivity contribution in [1.82, 2.24) is 19.4 Å². The molecule has 1 N–H and O–H groups in total. The lowest BCUT2D eigenvalue weighted by atomic mass is 10.1. The average molecular weight is 348 g/mol. The number of para-hydroxylation sites is 2. The van der Waals surface area contributed by atoms with Gasteiger partial charge < -0.3 is 5.11 Å². The number of hydrogen-bond donors (Lipinski definition) is 1. The number of piperazine rings is 1. The van der Waals surface area contributed by atoms with E-state index < -0.39 is 0 Å². The van der Waals surface area contributed by atoms with Gasteiger partial charge in [0.15, 0.2) is 0 Å². The molecular formula is C21H24N4O. The van der Waals surface area contributed by atoms with Crippen molar-refractivity contribution < 1.29 is 5.11 Å². The van der Waals surface area contributed by atoms with Crippen LogP contribution in [0.1, 0.15) is 12.0 Å². The molecule has 134 valence electrons. The molecule has 0 bridgehead atoms. The SMILES string of the molecule is O[C@@H]1C[C@H]2CN(Cc3ccc(-n4cnc5ccccc54)cc3)CCN2C1. The number of aliphatic hydroxyl groups excluding tert-OH is 1. The van der Waals surface area contributed by atoms with Gasteiger partial charge in [-0.05, 0) is 36.2 Å². The summed E-state index contributed by atoms with van der Waals surface area (Å²) < 4.78 is 2.14. The molecule has 2 aliphatic heterocycles. The van der Waals surface area contributed by atoms with E-state index in [1.54, 1.807) is 0 Å². The van der Waals surface area contributed by atoms with Gasteiger partial charge in [-0.15, -0.1) is 0 Å². The van der Waals surface area contributed by atoms with Crippen LogP contribution in [0, 0.1) is 0 Å². The Morgan fingerprint density at radius 1 is 1.00 bits per heavy atom. The van der Waals surface area contributed by atoms with Crippen LogP contribution in [-0.2, 0) is 6.54 Å². The zero-order chi connectivity index (χ0) is 17.5. The van der Waals surface area contributed by atoms with Gasteiger partial charge >= 0.3 is 0 Å². The lowest BCUT2D eigenvalue weighted by molar-refractivity contribution is 0.0972. The van der Waals surface area contributed by atoms with Gasteiger partial charge in [-0.2, -0.15) is 0 Å². The Morgan fingerprint density at radius 3 is 2.73 bits per heavy atom. The first-order chi connectivity index (χ1) is 12.8. The molecule has 2 atom stereocenters. The number of nitrogens with zero attached hydrogens (tertiary/aromatic N) is 4. The molecule has 5 nitrogen and oxygen atoms in total. The summed E-state index contributed by atoms with van der Waals surface area (Å²) in [6.45, 7) is 5.04. The summed E-state index contributed by atoms with van der Waals surface area (Å²) in [7, 11) is 0. The fourth-order valence-electron chi connectivity index (χ4n) is 4.41. The molecule has 3 aromatic rings. The molecule has 5 heteroatoms. The predicted molar refractivity (Wildman–Crippen MR) is 102 cm³/mol. The molecule has 1 aromatic heterocycles. The van der Waals surface area contributed by atoms with E-state index in [4.69, 9.17) is 0 Å². The quantitative estimate of drug-likeness (QED) is 0.789. The van der Waals surface area contributed by atoms with Crippen LogP contribution in [0.2, 0.25) is 0 Å². The molecule has 0 aliphatic carbocycles. The van der Waals surface area contributed by atoms with Crippen molar-refractivity contribution in [2.75, 3.05) is 26.2 Å². The molecule has 0 radical (unpaired) electrons. The van der Waals surface area contributed by atoms with Gasteiger partial charge in [0.25, 0.3) is 0 Å². The number of rotatable bonds is 3. The first-order valence-corrected chi connectivity index (χ1v) is 9.42. The number of benzene rings is 2. The van der Waals surface area contributed by atoms with Crippen LogP contribution in [0.5, 0.6) is 0 Å². The van der Waals surface area contributed by atoms with Crippen molar-refractivity contribution in [3.05, 3.63) is 60.4 Å². The molecule has 2 fully saturated rings. The number of hydrogen-bond acceptors (Lipinski definition) is 4. The van der Waals surface area contributed by atoms with Crippen LogP contribution < -0.4 is 0 Å². The second kappa shape index (κ2) is 6.50. The molecule has 2 aliphatic rings. The summed E-state index contributed by atoms with van der Waals surface area (Å²) in [4.78, 5) is 9.43. The molecule has 0 unspecified atom stereocenters. The smallest absolute Gasteiger partial charge is 0.100 e. The van der Waals surface area contributed by atoms with E-state index in [0.29, 0.717) is 6.04 Å². The fraction of sp³-hybridized carbons (Fsp3) is 0.381. The van der Waals surface area contributed by atoms with E-state index in [9.17, 15) is 5.11 Å². The Balaban J connectivity index is 1.30. The third kappa shape index (κ3) is 2.92. The van der Waals surface area contributed by atoms with Crippen LogP contribution in [0.15, 0.2) is 54.9 Å². The minimum atomic E-state index is -0.135. The van der Waals surface area contributed by atoms with Gasteiger partial charge in [-0.3, -0.25) is 14.4 Å². The Hall–Kier alpha value is -2.21. The first-order valence-electron chi connectivity index (χ1n) is 9.42. The molecule has 26 heavy (non-hydrogen) atoms. The molecule has 3 heterocycles. The van der Waals surface area contributed by atoms with Crippen LogP contribution in [0.3, 0.4) is 0 Å². The lowest BCUT2D eigenvalue weighted by Crippen LogP contribution is -2.49. The highest BCUT2D eigenvalue weighted by atomic mass is 16.3. The van der Waals surface area contributed by atoms with E-state index in [1.807, 2.05) is 18.5 Å². The third-order valence-electron chi connectivity index (χ3n) is 5.75. The van der Waals surface area contributed by atoms with Crippen LogP contribution >= 0.6 is 0 Å². The predicted octanol–water partition coefficient (Wildman–Crippen LogP) is 2.28. The summed E-state index contributed by atoms with van der Waals surface area (Å²) in [5.41, 5.74) is 4.64. The molecule has 2 aromatic carbocycles. The highest BCUT2D eigenvalue weighted by Crippen LogP contribution is 2.24. The van der Waals surface area contributed by atoms with Gasteiger partial charge in [-0.1, -0.05) is 24.3 Å². The second-order valence-electron chi connectivity index (χ2n) is 7.54. The van der Waals surface area contributed by atoms with Crippen LogP contribution in [-0.4, -0.2) is 62.8 Å². The standard InChI is InChI=1S/C21H24N4O/c26-19-11-18-13-23(9-10-24(18)14-19)12-16-5-7-17(8-6-16)25-15-22-20-3-1-2-4-21(20)25/h1-8,15,18-19,26H,9-14H2/t18-,19+/m0/s1. The average Bonchev–Trinajstić information content (AvgIpc) is 3.24. The van der Waals surface area contributed by atoms with E-state index in [0.717, 1.165) is 55.9 Å². The Kier molecular flexibility index (Phi) is 4.00. The normalized spacial score (nSPS) is 24.2. The van der Waals surface area contributed by atoms with Crippen molar-refractivity contribution >= 4 is 11.0 Å². The highest BCUT2D eigenvalue weighted by molar-refractivity contribution is 5.77. The summed E-state index contributed by atoms with van der Waals surface area (Å²) >= 11 is 0. The van der Waals surface area contributed by atoms with Gasteiger partial charge in [0.1, 0.15) is 6.33 Å². The van der Waals surface area contributed by atoms with Gasteiger partial charge in [0, 0.05) is 44.5 Å². The molecule has 5 rings (SSSR count). The van der Waals surface area contributed by atoms with Crippen molar-refractivity contribution in [3.63, 3.8) is 0 Å². The number of aliphatic hydroxyl groups is 1. The number of imidazole rings is 1. The summed E-state index contributed by atoms with van der Waals surface area (Å²) in [6.07, 6.45) is 2.68. The van der Waals surface area contributed by atoms with Crippen LogP contribution in [0.25, 0.3) is 16.7 Å². The zero-order valence-corrected chi connectivity index (χ0v) is 14.8. The summed E-state index contributed by atoms with van der Waals surface area (Å²) in [6, 6.07) is 17.5. The van der Waals surface area contributed by atoms with Crippen LogP contribution in [0.4, 0.5) is 0 Å². The van der Waals surface area contributed by atoms with E-state index in [-0.39, 0.29) is 6.10 Å². The Bertz CT molecular complexity index is 904. The fourth-order valence-corrected chi connectivity index (χ4v) is 4.41. The Morgan fingerprint density at radius 2 is 1.85 bits per heavy atom. The maximum absolute atomic E-state index is 9.86. The second-order valence-corrected chi connectivity index (χ2v) is 7.54. The van der Waals surface area contributed by atoms with Crippen molar-refractivity contribution in [2.45, 2.75) is 25.1 Å². The van der Waals surface area contributed by atoms with Crippen molar-refractivity contribution in [3.8, 4) is 5.69 Å². The molecule has 0 amide bonds. The Labute approximate surface area is 153 Å². The molecular weight excluding hydrogens is 324 g/mol. The van der Waals surface area contributed by atoms with Gasteiger partial charge in [0.2, 0.25) is 0 Å². The van der Waals surface area contributed by atoms with E-state index >= 15 is 0 Å². The molecule has 0 spiro atoms. The topological polar surface area (TPSA) is 44.5 Å². The minimum Gasteiger partial charge on any atom is -0.392 e. The lowest BCUT2D eigenvalue weighted by Gasteiger charge is -2.37.